The molecule has 2 heterocycles. The third-order valence-corrected chi connectivity index (χ3v) is 2.84. The fourth-order valence-electron chi connectivity index (χ4n) is 1.98. The molecule has 3 rings (SSSR count). The average Bonchev–Trinajstić information content (AvgIpc) is 2.96. The van der Waals surface area contributed by atoms with Crippen molar-refractivity contribution in [3.63, 3.8) is 0 Å². The number of carboxylic acids is 1. The monoisotopic (exact) mass is 241 g/mol. The van der Waals surface area contributed by atoms with Crippen LogP contribution < -0.4 is 0 Å². The molecule has 0 fully saturated rings. The Morgan fingerprint density at radius 3 is 3.00 bits per heavy atom. The minimum absolute atomic E-state index is 0.213. The van der Waals surface area contributed by atoms with Gasteiger partial charge in [0.25, 0.3) is 0 Å². The molecule has 0 spiro atoms. The molecule has 0 amide bonds. The summed E-state index contributed by atoms with van der Waals surface area (Å²) >= 11 is 0. The van der Waals surface area contributed by atoms with Crippen LogP contribution in [-0.2, 0) is 6.54 Å². The van der Waals surface area contributed by atoms with Gasteiger partial charge in [-0.25, -0.2) is 9.78 Å². The summed E-state index contributed by atoms with van der Waals surface area (Å²) in [6.07, 6.45) is 5.37. The smallest absolute Gasteiger partial charge is 0.352 e. The summed E-state index contributed by atoms with van der Waals surface area (Å²) in [5.74, 6) is -0.942. The summed E-state index contributed by atoms with van der Waals surface area (Å²) in [5.41, 5.74) is 2.15. The highest BCUT2D eigenvalue weighted by atomic mass is 16.4. The molecular weight excluding hydrogens is 230 g/mol. The number of hydrogen-bond acceptors (Lipinski definition) is 2. The van der Waals surface area contributed by atoms with E-state index in [1.165, 1.54) is 0 Å². The molecule has 0 bridgehead atoms. The maximum absolute atomic E-state index is 10.9. The summed E-state index contributed by atoms with van der Waals surface area (Å²) in [7, 11) is 0. The molecule has 18 heavy (non-hydrogen) atoms. The molecule has 1 aromatic carbocycles. The second-order valence-electron chi connectivity index (χ2n) is 4.14. The molecule has 90 valence electrons. The minimum atomic E-state index is -0.942. The van der Waals surface area contributed by atoms with Gasteiger partial charge in [-0.05, 0) is 17.7 Å². The van der Waals surface area contributed by atoms with Gasteiger partial charge >= 0.3 is 5.97 Å². The number of aromatic amines is 1. The molecule has 0 radical (unpaired) electrons. The fourth-order valence-corrected chi connectivity index (χ4v) is 1.98. The van der Waals surface area contributed by atoms with E-state index in [-0.39, 0.29) is 5.69 Å². The van der Waals surface area contributed by atoms with Crippen LogP contribution in [-0.4, -0.2) is 25.6 Å². The fraction of sp³-hybridized carbons (Fsp3) is 0.0769. The first-order valence-corrected chi connectivity index (χ1v) is 5.53. The van der Waals surface area contributed by atoms with Crippen molar-refractivity contribution < 1.29 is 9.90 Å². The van der Waals surface area contributed by atoms with Gasteiger partial charge in [0.1, 0.15) is 5.69 Å². The van der Waals surface area contributed by atoms with E-state index in [0.29, 0.717) is 0 Å². The number of nitrogens with one attached hydrogen (secondary N) is 1. The number of carboxylic acid groups (broad SMARTS) is 1. The molecule has 0 saturated heterocycles. The van der Waals surface area contributed by atoms with Gasteiger partial charge in [0.2, 0.25) is 0 Å². The number of benzene rings is 1. The van der Waals surface area contributed by atoms with Gasteiger partial charge < -0.3 is 14.7 Å². The molecule has 0 aliphatic heterocycles. The first-order chi connectivity index (χ1) is 8.72. The highest BCUT2D eigenvalue weighted by Crippen LogP contribution is 2.17. The minimum Gasteiger partial charge on any atom is -0.477 e. The SMILES string of the molecule is O=C(O)c1cc2ccc(Cn3ccnc3)cc2[nH]1. The molecule has 0 aliphatic carbocycles. The van der Waals surface area contributed by atoms with E-state index >= 15 is 0 Å². The Hall–Kier alpha value is -2.56. The lowest BCUT2D eigenvalue weighted by Gasteiger charge is -2.02. The van der Waals surface area contributed by atoms with Crippen LogP contribution in [0.25, 0.3) is 10.9 Å². The Morgan fingerprint density at radius 2 is 2.28 bits per heavy atom. The topological polar surface area (TPSA) is 70.9 Å². The van der Waals surface area contributed by atoms with Gasteiger partial charge in [0.15, 0.2) is 0 Å². The Bertz CT molecular complexity index is 698. The summed E-state index contributed by atoms with van der Waals surface area (Å²) < 4.78 is 1.96. The van der Waals surface area contributed by atoms with E-state index < -0.39 is 5.97 Å². The van der Waals surface area contributed by atoms with Gasteiger partial charge in [-0.2, -0.15) is 0 Å². The Morgan fingerprint density at radius 1 is 1.39 bits per heavy atom. The second-order valence-corrected chi connectivity index (χ2v) is 4.14. The van der Waals surface area contributed by atoms with Gasteiger partial charge in [0, 0.05) is 29.8 Å². The predicted octanol–water partition coefficient (Wildman–Crippen LogP) is 2.11. The average molecular weight is 241 g/mol. The van der Waals surface area contributed by atoms with Crippen molar-refractivity contribution in [3.8, 4) is 0 Å². The normalized spacial score (nSPS) is 10.9. The maximum Gasteiger partial charge on any atom is 0.352 e. The number of hydrogen-bond donors (Lipinski definition) is 2. The molecule has 5 heteroatoms. The summed E-state index contributed by atoms with van der Waals surface area (Å²) in [6, 6.07) is 7.51. The molecular formula is C13H11N3O2. The standard InChI is InChI=1S/C13H11N3O2/c17-13(18)12-6-10-2-1-9(5-11(10)15-12)7-16-4-3-14-8-16/h1-6,8,15H,7H2,(H,17,18). The lowest BCUT2D eigenvalue weighted by Crippen LogP contribution is -1.96. The largest absolute Gasteiger partial charge is 0.477 e. The third-order valence-electron chi connectivity index (χ3n) is 2.84. The van der Waals surface area contributed by atoms with Gasteiger partial charge in [-0.15, -0.1) is 0 Å². The highest BCUT2D eigenvalue weighted by Gasteiger charge is 2.07. The first kappa shape index (κ1) is 10.6. The number of nitrogens with zero attached hydrogens (tertiary/aromatic N) is 2. The van der Waals surface area contributed by atoms with Crippen LogP contribution >= 0.6 is 0 Å². The van der Waals surface area contributed by atoms with Gasteiger partial charge in [-0.3, -0.25) is 0 Å². The van der Waals surface area contributed by atoms with E-state index in [1.54, 1.807) is 18.6 Å². The van der Waals surface area contributed by atoms with E-state index in [1.807, 2.05) is 29.0 Å². The number of fused-ring (bicyclic) bond motifs is 1. The molecule has 5 nitrogen and oxygen atoms in total. The number of aromatic nitrogens is 3. The van der Waals surface area contributed by atoms with Crippen molar-refractivity contribution in [3.05, 3.63) is 54.2 Å². The molecule has 0 saturated carbocycles. The van der Waals surface area contributed by atoms with E-state index in [0.717, 1.165) is 23.0 Å². The molecule has 2 aromatic heterocycles. The second kappa shape index (κ2) is 4.03. The van der Waals surface area contributed by atoms with E-state index in [4.69, 9.17) is 5.11 Å². The van der Waals surface area contributed by atoms with Crippen LogP contribution in [0.15, 0.2) is 43.0 Å². The maximum atomic E-state index is 10.9. The molecule has 0 aliphatic rings. The van der Waals surface area contributed by atoms with Crippen molar-refractivity contribution in [1.82, 2.24) is 14.5 Å². The van der Waals surface area contributed by atoms with Crippen LogP contribution in [0.1, 0.15) is 16.1 Å². The number of H-pyrrole nitrogens is 1. The highest BCUT2D eigenvalue weighted by molar-refractivity contribution is 5.93. The van der Waals surface area contributed by atoms with Gasteiger partial charge in [0.05, 0.1) is 6.33 Å². The summed E-state index contributed by atoms with van der Waals surface area (Å²) in [6.45, 7) is 0.720. The lowest BCUT2D eigenvalue weighted by atomic mass is 10.1. The van der Waals surface area contributed by atoms with Crippen LogP contribution in [0.2, 0.25) is 0 Å². The van der Waals surface area contributed by atoms with E-state index in [9.17, 15) is 4.79 Å². The Balaban J connectivity index is 1.97. The quantitative estimate of drug-likeness (QED) is 0.737. The first-order valence-electron chi connectivity index (χ1n) is 5.53. The Labute approximate surface area is 103 Å². The van der Waals surface area contributed by atoms with E-state index in [2.05, 4.69) is 9.97 Å². The molecule has 0 unspecified atom stereocenters. The van der Waals surface area contributed by atoms with Crippen molar-refractivity contribution in [2.24, 2.45) is 0 Å². The van der Waals surface area contributed by atoms with Crippen molar-refractivity contribution in [2.75, 3.05) is 0 Å². The zero-order chi connectivity index (χ0) is 12.5. The number of carbonyl (C=O) groups is 1. The zero-order valence-corrected chi connectivity index (χ0v) is 9.50. The van der Waals surface area contributed by atoms with Crippen molar-refractivity contribution in [2.45, 2.75) is 6.54 Å². The van der Waals surface area contributed by atoms with Crippen LogP contribution in [0.5, 0.6) is 0 Å². The number of rotatable bonds is 3. The summed E-state index contributed by atoms with van der Waals surface area (Å²) in [5, 5.41) is 9.82. The molecule has 0 atom stereocenters. The van der Waals surface area contributed by atoms with Crippen LogP contribution in [0, 0.1) is 0 Å². The van der Waals surface area contributed by atoms with Crippen LogP contribution in [0.3, 0.4) is 0 Å². The van der Waals surface area contributed by atoms with Crippen LogP contribution in [0.4, 0.5) is 0 Å². The zero-order valence-electron chi connectivity index (χ0n) is 9.50. The lowest BCUT2D eigenvalue weighted by molar-refractivity contribution is 0.0691. The third kappa shape index (κ3) is 1.86. The van der Waals surface area contributed by atoms with Gasteiger partial charge in [-0.1, -0.05) is 12.1 Å². The molecule has 2 N–H and O–H groups in total. The molecule has 3 aromatic rings. The summed E-state index contributed by atoms with van der Waals surface area (Å²) in [4.78, 5) is 17.7. The van der Waals surface area contributed by atoms with Crippen molar-refractivity contribution >= 4 is 16.9 Å². The Kier molecular flexibility index (Phi) is 2.37. The number of aromatic carboxylic acids is 1. The predicted molar refractivity (Wildman–Crippen MR) is 66.6 cm³/mol. The number of imidazole rings is 1. The van der Waals surface area contributed by atoms with Crippen molar-refractivity contribution in [1.29, 1.82) is 0 Å².